The SMILES string of the molecule is Cc1ccc2c(c1)c1c(n2CC(C)(C)C(=O)NCc2ccccc2)CCN(C)C1. The number of aromatic nitrogens is 1. The van der Waals surface area contributed by atoms with E-state index >= 15 is 0 Å². The fourth-order valence-electron chi connectivity index (χ4n) is 4.36. The monoisotopic (exact) mass is 389 g/mol. The van der Waals surface area contributed by atoms with Crippen LogP contribution >= 0.6 is 0 Å². The molecule has 2 heterocycles. The summed E-state index contributed by atoms with van der Waals surface area (Å²) >= 11 is 0. The van der Waals surface area contributed by atoms with Gasteiger partial charge in [-0.05, 0) is 51.1 Å². The van der Waals surface area contributed by atoms with Crippen molar-refractivity contribution in [3.63, 3.8) is 0 Å². The molecule has 4 heteroatoms. The first kappa shape index (κ1) is 19.7. The van der Waals surface area contributed by atoms with Crippen molar-refractivity contribution in [1.29, 1.82) is 0 Å². The lowest BCUT2D eigenvalue weighted by atomic mass is 9.91. The van der Waals surface area contributed by atoms with Crippen LogP contribution < -0.4 is 5.32 Å². The summed E-state index contributed by atoms with van der Waals surface area (Å²) in [6.07, 6.45) is 1.03. The van der Waals surface area contributed by atoms with Crippen molar-refractivity contribution in [2.75, 3.05) is 13.6 Å². The predicted octanol–water partition coefficient (Wildman–Crippen LogP) is 4.28. The molecule has 1 aliphatic heterocycles. The van der Waals surface area contributed by atoms with Gasteiger partial charge in [0.25, 0.3) is 0 Å². The van der Waals surface area contributed by atoms with Crippen LogP contribution in [0.3, 0.4) is 0 Å². The Kier molecular flexibility index (Phi) is 5.22. The zero-order valence-corrected chi connectivity index (χ0v) is 18.0. The third-order valence-electron chi connectivity index (χ3n) is 6.06. The minimum atomic E-state index is -0.497. The van der Waals surface area contributed by atoms with E-state index in [2.05, 4.69) is 60.8 Å². The van der Waals surface area contributed by atoms with Crippen LogP contribution in [0, 0.1) is 12.3 Å². The fourth-order valence-corrected chi connectivity index (χ4v) is 4.36. The summed E-state index contributed by atoms with van der Waals surface area (Å²) in [5.74, 6) is 0.0944. The molecular weight excluding hydrogens is 358 g/mol. The fraction of sp³-hybridized carbons (Fsp3) is 0.400. The molecule has 0 fully saturated rings. The van der Waals surface area contributed by atoms with Gasteiger partial charge in [-0.1, -0.05) is 42.0 Å². The number of nitrogens with zero attached hydrogens (tertiary/aromatic N) is 2. The molecule has 0 saturated heterocycles. The molecule has 1 aliphatic rings. The van der Waals surface area contributed by atoms with Crippen LogP contribution in [0.2, 0.25) is 0 Å². The lowest BCUT2D eigenvalue weighted by Crippen LogP contribution is -2.40. The van der Waals surface area contributed by atoms with E-state index in [1.54, 1.807) is 0 Å². The van der Waals surface area contributed by atoms with E-state index in [-0.39, 0.29) is 5.91 Å². The van der Waals surface area contributed by atoms with Crippen molar-refractivity contribution in [2.24, 2.45) is 5.41 Å². The molecule has 29 heavy (non-hydrogen) atoms. The second kappa shape index (κ2) is 7.68. The van der Waals surface area contributed by atoms with Crippen molar-refractivity contribution in [2.45, 2.75) is 46.8 Å². The van der Waals surface area contributed by atoms with Gasteiger partial charge in [-0.15, -0.1) is 0 Å². The summed E-state index contributed by atoms with van der Waals surface area (Å²) in [7, 11) is 2.18. The van der Waals surface area contributed by atoms with Crippen LogP contribution in [0.25, 0.3) is 10.9 Å². The standard InChI is InChI=1S/C25H31N3O/c1-18-10-11-22-20(14-18)21-16-27(4)13-12-23(21)28(22)17-25(2,3)24(29)26-15-19-8-6-5-7-9-19/h5-11,14H,12-13,15-17H2,1-4H3,(H,26,29). The van der Waals surface area contributed by atoms with E-state index in [0.29, 0.717) is 13.1 Å². The minimum absolute atomic E-state index is 0.0944. The van der Waals surface area contributed by atoms with Gasteiger partial charge in [0.2, 0.25) is 5.91 Å². The highest BCUT2D eigenvalue weighted by molar-refractivity contribution is 5.87. The quantitative estimate of drug-likeness (QED) is 0.707. The van der Waals surface area contributed by atoms with Crippen LogP contribution in [0.1, 0.15) is 36.2 Å². The van der Waals surface area contributed by atoms with Crippen molar-refractivity contribution in [3.8, 4) is 0 Å². The second-order valence-corrected chi connectivity index (χ2v) is 9.07. The first-order valence-corrected chi connectivity index (χ1v) is 10.5. The van der Waals surface area contributed by atoms with Gasteiger partial charge in [0.15, 0.2) is 0 Å². The largest absolute Gasteiger partial charge is 0.352 e. The molecule has 0 saturated carbocycles. The smallest absolute Gasteiger partial charge is 0.227 e. The molecule has 152 valence electrons. The molecule has 1 N–H and O–H groups in total. The number of carbonyl (C=O) groups is 1. The van der Waals surface area contributed by atoms with Crippen molar-refractivity contribution in [3.05, 3.63) is 70.9 Å². The number of fused-ring (bicyclic) bond motifs is 3. The Morgan fingerprint density at radius 1 is 1.14 bits per heavy atom. The van der Waals surface area contributed by atoms with Crippen molar-refractivity contribution in [1.82, 2.24) is 14.8 Å². The molecule has 1 amide bonds. The van der Waals surface area contributed by atoms with Gasteiger partial charge in [-0.3, -0.25) is 4.79 Å². The first-order valence-electron chi connectivity index (χ1n) is 10.5. The van der Waals surface area contributed by atoms with E-state index in [1.165, 1.54) is 27.7 Å². The van der Waals surface area contributed by atoms with Crippen LogP contribution in [-0.4, -0.2) is 29.0 Å². The van der Waals surface area contributed by atoms with E-state index in [0.717, 1.165) is 25.1 Å². The summed E-state index contributed by atoms with van der Waals surface area (Å²) < 4.78 is 2.40. The highest BCUT2D eigenvalue weighted by Gasteiger charge is 2.31. The topological polar surface area (TPSA) is 37.3 Å². The van der Waals surface area contributed by atoms with Crippen molar-refractivity contribution < 1.29 is 4.79 Å². The van der Waals surface area contributed by atoms with Crippen LogP contribution in [-0.2, 0) is 30.8 Å². The number of hydrogen-bond donors (Lipinski definition) is 1. The third-order valence-corrected chi connectivity index (χ3v) is 6.06. The Morgan fingerprint density at radius 3 is 2.66 bits per heavy atom. The highest BCUT2D eigenvalue weighted by Crippen LogP contribution is 2.34. The Balaban J connectivity index is 1.62. The predicted molar refractivity (Wildman–Crippen MR) is 119 cm³/mol. The molecule has 4 nitrogen and oxygen atoms in total. The number of aryl methyl sites for hydroxylation is 1. The summed E-state index contributed by atoms with van der Waals surface area (Å²) in [6, 6.07) is 16.8. The Labute approximate surface area is 173 Å². The number of rotatable bonds is 5. The van der Waals surface area contributed by atoms with Gasteiger partial charge < -0.3 is 14.8 Å². The summed E-state index contributed by atoms with van der Waals surface area (Å²) in [5, 5.41) is 4.48. The zero-order chi connectivity index (χ0) is 20.6. The number of nitrogens with one attached hydrogen (secondary N) is 1. The molecule has 2 aromatic carbocycles. The average molecular weight is 390 g/mol. The summed E-state index contributed by atoms with van der Waals surface area (Å²) in [5.41, 5.74) is 5.98. The first-order chi connectivity index (χ1) is 13.8. The number of amides is 1. The van der Waals surface area contributed by atoms with E-state index in [9.17, 15) is 4.79 Å². The molecule has 0 unspecified atom stereocenters. The minimum Gasteiger partial charge on any atom is -0.352 e. The van der Waals surface area contributed by atoms with Gasteiger partial charge in [0.1, 0.15) is 0 Å². The van der Waals surface area contributed by atoms with E-state index in [4.69, 9.17) is 0 Å². The number of likely N-dealkylation sites (N-methyl/N-ethyl adjacent to an activating group) is 1. The van der Waals surface area contributed by atoms with Crippen molar-refractivity contribution >= 4 is 16.8 Å². The number of hydrogen-bond acceptors (Lipinski definition) is 2. The summed E-state index contributed by atoms with van der Waals surface area (Å²) in [6.45, 7) is 9.54. The third kappa shape index (κ3) is 3.95. The van der Waals surface area contributed by atoms with Gasteiger partial charge in [-0.25, -0.2) is 0 Å². The average Bonchev–Trinajstić information content (AvgIpc) is 2.98. The molecule has 0 atom stereocenters. The molecule has 0 aliphatic carbocycles. The number of benzene rings is 2. The maximum atomic E-state index is 13.0. The zero-order valence-electron chi connectivity index (χ0n) is 18.0. The maximum absolute atomic E-state index is 13.0. The molecule has 1 aromatic heterocycles. The van der Waals surface area contributed by atoms with Gasteiger partial charge in [-0.2, -0.15) is 0 Å². The molecular formula is C25H31N3O. The molecule has 0 radical (unpaired) electrons. The normalized spacial score (nSPS) is 14.8. The Morgan fingerprint density at radius 2 is 1.90 bits per heavy atom. The van der Waals surface area contributed by atoms with E-state index < -0.39 is 5.41 Å². The lowest BCUT2D eigenvalue weighted by molar-refractivity contribution is -0.130. The number of carbonyl (C=O) groups excluding carboxylic acids is 1. The summed E-state index contributed by atoms with van der Waals surface area (Å²) in [4.78, 5) is 15.4. The highest BCUT2D eigenvalue weighted by atomic mass is 16.2. The van der Waals surface area contributed by atoms with E-state index in [1.807, 2.05) is 30.3 Å². The maximum Gasteiger partial charge on any atom is 0.227 e. The molecule has 4 rings (SSSR count). The van der Waals surface area contributed by atoms with Gasteiger partial charge >= 0.3 is 0 Å². The second-order valence-electron chi connectivity index (χ2n) is 9.07. The molecule has 0 bridgehead atoms. The van der Waals surface area contributed by atoms with Crippen LogP contribution in [0.4, 0.5) is 0 Å². The van der Waals surface area contributed by atoms with Crippen LogP contribution in [0.15, 0.2) is 48.5 Å². The molecule has 0 spiro atoms. The van der Waals surface area contributed by atoms with Gasteiger partial charge in [0, 0.05) is 49.2 Å². The lowest BCUT2D eigenvalue weighted by Gasteiger charge is -2.28. The Hall–Kier alpha value is -2.59. The van der Waals surface area contributed by atoms with Gasteiger partial charge in [0.05, 0.1) is 5.41 Å². The Bertz CT molecular complexity index is 1030. The molecule has 3 aromatic rings. The van der Waals surface area contributed by atoms with Crippen LogP contribution in [0.5, 0.6) is 0 Å².